The van der Waals surface area contributed by atoms with Crippen LogP contribution in [0.4, 0.5) is 13.2 Å². The summed E-state index contributed by atoms with van der Waals surface area (Å²) in [6.45, 7) is 2.47. The van der Waals surface area contributed by atoms with Gasteiger partial charge in [0.05, 0.1) is 5.69 Å². The molecular weight excluding hydrogens is 231 g/mol. The van der Waals surface area contributed by atoms with Crippen LogP contribution >= 0.6 is 0 Å². The third-order valence-corrected chi connectivity index (χ3v) is 3.02. The van der Waals surface area contributed by atoms with Crippen LogP contribution in [0, 0.1) is 6.92 Å². The Labute approximate surface area is 98.0 Å². The maximum absolute atomic E-state index is 12.4. The molecule has 0 amide bonds. The van der Waals surface area contributed by atoms with Gasteiger partial charge >= 0.3 is 6.18 Å². The standard InChI is InChI=1S/C11H16F3N3/c1-8-6-10(9-2-4-15-5-3-9)17(16-8)7-11(12,13)14/h6,9,15H,2-5,7H2,1H3. The lowest BCUT2D eigenvalue weighted by Gasteiger charge is -2.23. The molecule has 0 unspecified atom stereocenters. The molecule has 0 aliphatic carbocycles. The third kappa shape index (κ3) is 3.21. The molecule has 1 N–H and O–H groups in total. The number of hydrogen-bond donors (Lipinski definition) is 1. The van der Waals surface area contributed by atoms with Gasteiger partial charge in [-0.05, 0) is 38.9 Å². The molecule has 2 rings (SSSR count). The predicted molar refractivity (Wildman–Crippen MR) is 57.9 cm³/mol. The fraction of sp³-hybridized carbons (Fsp3) is 0.727. The van der Waals surface area contributed by atoms with Crippen LogP contribution in [0.3, 0.4) is 0 Å². The Hall–Kier alpha value is -1.04. The molecule has 0 aromatic carbocycles. The van der Waals surface area contributed by atoms with Gasteiger partial charge in [-0.15, -0.1) is 0 Å². The molecular formula is C11H16F3N3. The average molecular weight is 247 g/mol. The minimum atomic E-state index is -4.21. The van der Waals surface area contributed by atoms with Gasteiger partial charge in [0.2, 0.25) is 0 Å². The summed E-state index contributed by atoms with van der Waals surface area (Å²) >= 11 is 0. The Morgan fingerprint density at radius 1 is 1.41 bits per heavy atom. The summed E-state index contributed by atoms with van der Waals surface area (Å²) in [6, 6.07) is 1.78. The van der Waals surface area contributed by atoms with Crippen LogP contribution in [0.1, 0.15) is 30.1 Å². The number of nitrogens with zero attached hydrogens (tertiary/aromatic N) is 2. The first-order valence-electron chi connectivity index (χ1n) is 5.77. The molecule has 1 aliphatic rings. The van der Waals surface area contributed by atoms with Gasteiger partial charge in [-0.2, -0.15) is 18.3 Å². The maximum atomic E-state index is 12.4. The van der Waals surface area contributed by atoms with Crippen LogP contribution in [-0.4, -0.2) is 29.0 Å². The summed E-state index contributed by atoms with van der Waals surface area (Å²) in [4.78, 5) is 0. The Morgan fingerprint density at radius 3 is 2.65 bits per heavy atom. The van der Waals surface area contributed by atoms with Gasteiger partial charge in [0.1, 0.15) is 6.54 Å². The Bertz CT molecular complexity index is 378. The summed E-state index contributed by atoms with van der Waals surface area (Å²) in [5.41, 5.74) is 1.38. The fourth-order valence-electron chi connectivity index (χ4n) is 2.31. The van der Waals surface area contributed by atoms with Crippen molar-refractivity contribution in [2.24, 2.45) is 0 Å². The molecule has 3 nitrogen and oxygen atoms in total. The number of piperidine rings is 1. The summed E-state index contributed by atoms with van der Waals surface area (Å²) in [7, 11) is 0. The van der Waals surface area contributed by atoms with Crippen molar-refractivity contribution in [1.82, 2.24) is 15.1 Å². The zero-order valence-corrected chi connectivity index (χ0v) is 9.72. The molecule has 0 spiro atoms. The zero-order valence-electron chi connectivity index (χ0n) is 9.72. The van der Waals surface area contributed by atoms with E-state index in [1.54, 1.807) is 13.0 Å². The van der Waals surface area contributed by atoms with Gasteiger partial charge in [0, 0.05) is 11.6 Å². The van der Waals surface area contributed by atoms with Gasteiger partial charge < -0.3 is 5.32 Å². The van der Waals surface area contributed by atoms with Crippen LogP contribution in [0.5, 0.6) is 0 Å². The normalized spacial score (nSPS) is 18.6. The summed E-state index contributed by atoms with van der Waals surface area (Å²) in [6.07, 6.45) is -2.45. The van der Waals surface area contributed by atoms with Crippen molar-refractivity contribution in [1.29, 1.82) is 0 Å². The molecule has 1 aliphatic heterocycles. The van der Waals surface area contributed by atoms with Crippen molar-refractivity contribution in [3.05, 3.63) is 17.5 Å². The molecule has 0 atom stereocenters. The lowest BCUT2D eigenvalue weighted by molar-refractivity contribution is -0.143. The minimum Gasteiger partial charge on any atom is -0.317 e. The fourth-order valence-corrected chi connectivity index (χ4v) is 2.31. The van der Waals surface area contributed by atoms with E-state index in [-0.39, 0.29) is 5.92 Å². The maximum Gasteiger partial charge on any atom is 0.408 e. The third-order valence-electron chi connectivity index (χ3n) is 3.02. The largest absolute Gasteiger partial charge is 0.408 e. The molecule has 17 heavy (non-hydrogen) atoms. The quantitative estimate of drug-likeness (QED) is 0.868. The van der Waals surface area contributed by atoms with E-state index in [1.807, 2.05) is 0 Å². The summed E-state index contributed by atoms with van der Waals surface area (Å²) < 4.78 is 38.4. The monoisotopic (exact) mass is 247 g/mol. The van der Waals surface area contributed by atoms with Crippen molar-refractivity contribution in [3.63, 3.8) is 0 Å². The average Bonchev–Trinajstić information content (AvgIpc) is 2.58. The van der Waals surface area contributed by atoms with Gasteiger partial charge in [-0.1, -0.05) is 0 Å². The van der Waals surface area contributed by atoms with Gasteiger partial charge in [-0.25, -0.2) is 0 Å². The van der Waals surface area contributed by atoms with Gasteiger partial charge in [0.25, 0.3) is 0 Å². The van der Waals surface area contributed by atoms with E-state index in [2.05, 4.69) is 10.4 Å². The van der Waals surface area contributed by atoms with E-state index in [4.69, 9.17) is 0 Å². The number of alkyl halides is 3. The van der Waals surface area contributed by atoms with Gasteiger partial charge in [-0.3, -0.25) is 4.68 Å². The number of rotatable bonds is 2. The SMILES string of the molecule is Cc1cc(C2CCNCC2)n(CC(F)(F)F)n1. The highest BCUT2D eigenvalue weighted by molar-refractivity contribution is 5.15. The second-order valence-corrected chi connectivity index (χ2v) is 4.51. The highest BCUT2D eigenvalue weighted by Gasteiger charge is 2.31. The Kier molecular flexibility index (Phi) is 3.42. The highest BCUT2D eigenvalue weighted by Crippen LogP contribution is 2.28. The van der Waals surface area contributed by atoms with Crippen LogP contribution in [0.15, 0.2) is 6.07 Å². The molecule has 2 heterocycles. The number of aromatic nitrogens is 2. The Morgan fingerprint density at radius 2 is 2.06 bits per heavy atom. The van der Waals surface area contributed by atoms with Crippen LogP contribution < -0.4 is 5.32 Å². The van der Waals surface area contributed by atoms with E-state index in [9.17, 15) is 13.2 Å². The lowest BCUT2D eigenvalue weighted by Crippen LogP contribution is -2.29. The van der Waals surface area contributed by atoms with E-state index < -0.39 is 12.7 Å². The van der Waals surface area contributed by atoms with E-state index in [0.29, 0.717) is 5.69 Å². The number of halogens is 3. The summed E-state index contributed by atoms with van der Waals surface area (Å²) in [5.74, 6) is 0.194. The molecule has 1 fully saturated rings. The first kappa shape index (κ1) is 12.4. The molecule has 1 saturated heterocycles. The lowest BCUT2D eigenvalue weighted by atomic mass is 9.94. The highest BCUT2D eigenvalue weighted by atomic mass is 19.4. The first-order chi connectivity index (χ1) is 7.96. The van der Waals surface area contributed by atoms with Crippen molar-refractivity contribution >= 4 is 0 Å². The second kappa shape index (κ2) is 4.68. The molecule has 0 radical (unpaired) electrons. The van der Waals surface area contributed by atoms with E-state index in [1.165, 1.54) is 0 Å². The van der Waals surface area contributed by atoms with Crippen molar-refractivity contribution in [3.8, 4) is 0 Å². The minimum absolute atomic E-state index is 0.194. The first-order valence-corrected chi connectivity index (χ1v) is 5.77. The van der Waals surface area contributed by atoms with Crippen LogP contribution in [-0.2, 0) is 6.54 Å². The molecule has 6 heteroatoms. The van der Waals surface area contributed by atoms with E-state index >= 15 is 0 Å². The van der Waals surface area contributed by atoms with Crippen molar-refractivity contribution < 1.29 is 13.2 Å². The molecule has 0 bridgehead atoms. The van der Waals surface area contributed by atoms with Gasteiger partial charge in [0.15, 0.2) is 0 Å². The second-order valence-electron chi connectivity index (χ2n) is 4.51. The van der Waals surface area contributed by atoms with Crippen LogP contribution in [0.25, 0.3) is 0 Å². The predicted octanol–water partition coefficient (Wildman–Crippen LogP) is 2.22. The Balaban J connectivity index is 2.20. The number of hydrogen-bond acceptors (Lipinski definition) is 2. The number of nitrogens with one attached hydrogen (secondary N) is 1. The van der Waals surface area contributed by atoms with E-state index in [0.717, 1.165) is 36.3 Å². The smallest absolute Gasteiger partial charge is 0.317 e. The molecule has 96 valence electrons. The topological polar surface area (TPSA) is 29.9 Å². The van der Waals surface area contributed by atoms with Crippen molar-refractivity contribution in [2.45, 2.75) is 38.4 Å². The zero-order chi connectivity index (χ0) is 12.5. The molecule has 1 aromatic heterocycles. The molecule has 0 saturated carbocycles. The number of aryl methyl sites for hydroxylation is 1. The van der Waals surface area contributed by atoms with Crippen molar-refractivity contribution in [2.75, 3.05) is 13.1 Å². The van der Waals surface area contributed by atoms with Crippen LogP contribution in [0.2, 0.25) is 0 Å². The molecule has 1 aromatic rings. The summed E-state index contributed by atoms with van der Waals surface area (Å²) in [5, 5.41) is 7.15.